The molecule has 0 unspecified atom stereocenters. The van der Waals surface area contributed by atoms with E-state index in [1.54, 1.807) is 18.2 Å². The first kappa shape index (κ1) is 42.2. The highest BCUT2D eigenvalue weighted by Gasteiger charge is 2.33. The molecular weight excluding hydrogens is 679 g/mol. The van der Waals surface area contributed by atoms with E-state index in [9.17, 15) is 15.3 Å². The second-order valence-electron chi connectivity index (χ2n) is 21.0. The number of rotatable bonds is 3. The fourth-order valence-corrected chi connectivity index (χ4v) is 6.55. The van der Waals surface area contributed by atoms with E-state index in [2.05, 4.69) is 0 Å². The normalized spacial score (nSPS) is 13.4. The molecule has 0 bridgehead atoms. The van der Waals surface area contributed by atoms with Gasteiger partial charge in [0.15, 0.2) is 0 Å². The fraction of sp³-hybridized carbons (Fsp3) is 0.533. The van der Waals surface area contributed by atoms with E-state index in [0.29, 0.717) is 16.7 Å². The standard InChI is InChI=1S/C45H63N3O6/c1-40(2,3)25-19-28(43(10,11)12)34(49)31(22-25)46-37(52)47(32-23-26(41(4,5)6)20-29(35(32)50)44(13,14)15)39(54)48(38(46)53)33-24-27(42(7,8)9)21-30(36(33)51)45(16,17)18/h19-24,49-51H,1-18H3. The van der Waals surface area contributed by atoms with Crippen molar-refractivity contribution in [3.05, 3.63) is 101 Å². The number of aromatic hydroxyl groups is 3. The molecule has 1 aromatic heterocycles. The van der Waals surface area contributed by atoms with Gasteiger partial charge in [-0.1, -0.05) is 143 Å². The second kappa shape index (κ2) is 13.1. The second-order valence-corrected chi connectivity index (χ2v) is 21.0. The zero-order valence-corrected chi connectivity index (χ0v) is 35.9. The van der Waals surface area contributed by atoms with E-state index >= 15 is 14.4 Å². The van der Waals surface area contributed by atoms with Crippen molar-refractivity contribution in [2.45, 2.75) is 157 Å². The van der Waals surface area contributed by atoms with Crippen molar-refractivity contribution in [2.24, 2.45) is 0 Å². The lowest BCUT2D eigenvalue weighted by Gasteiger charge is -2.29. The van der Waals surface area contributed by atoms with Gasteiger partial charge in [-0.25, -0.2) is 28.1 Å². The molecule has 0 aliphatic carbocycles. The molecule has 0 atom stereocenters. The molecule has 3 N–H and O–H groups in total. The molecule has 0 saturated heterocycles. The van der Waals surface area contributed by atoms with E-state index in [1.165, 1.54) is 0 Å². The first-order valence-corrected chi connectivity index (χ1v) is 18.8. The van der Waals surface area contributed by atoms with Crippen molar-refractivity contribution in [1.82, 2.24) is 13.7 Å². The molecule has 0 amide bonds. The molecule has 3 aromatic carbocycles. The number of nitrogens with zero attached hydrogens (tertiary/aromatic N) is 3. The largest absolute Gasteiger partial charge is 0.505 e. The van der Waals surface area contributed by atoms with Gasteiger partial charge in [-0.15, -0.1) is 0 Å². The Hall–Kier alpha value is -4.53. The molecule has 9 nitrogen and oxygen atoms in total. The highest BCUT2D eigenvalue weighted by Crippen LogP contribution is 2.42. The van der Waals surface area contributed by atoms with Crippen molar-refractivity contribution >= 4 is 0 Å². The number of aromatic nitrogens is 3. The maximum Gasteiger partial charge on any atom is 0.345 e. The number of phenolic OH excluding ortho intramolecular Hbond substituents is 3. The predicted octanol–water partition coefficient (Wildman–Crippen LogP) is 9.04. The summed E-state index contributed by atoms with van der Waals surface area (Å²) in [4.78, 5) is 45.3. The zero-order chi connectivity index (χ0) is 41.6. The Labute approximate surface area is 321 Å². The molecule has 4 aromatic rings. The van der Waals surface area contributed by atoms with Gasteiger partial charge >= 0.3 is 17.1 Å². The van der Waals surface area contributed by atoms with Crippen LogP contribution in [0.1, 0.15) is 158 Å². The SMILES string of the molecule is CC(C)(C)c1cc(-n2c(=O)n(-c3cc(C(C)(C)C)cc(C(C)(C)C)c3O)c(=O)n(-c3cc(C(C)(C)C)cc(C(C)(C)C)c3O)c2=O)c(O)c(C(C)(C)C)c1. The maximum atomic E-state index is 15.1. The Morgan fingerprint density at radius 1 is 0.333 bits per heavy atom. The Bertz CT molecular complexity index is 2020. The first-order chi connectivity index (χ1) is 24.1. The van der Waals surface area contributed by atoms with Crippen LogP contribution in [0, 0.1) is 0 Å². The lowest BCUT2D eigenvalue weighted by molar-refractivity contribution is 0.433. The van der Waals surface area contributed by atoms with E-state index in [1.807, 2.05) is 143 Å². The number of benzene rings is 3. The van der Waals surface area contributed by atoms with Gasteiger partial charge in [-0.05, 0) is 67.4 Å². The summed E-state index contributed by atoms with van der Waals surface area (Å²) in [5, 5.41) is 36.1. The quantitative estimate of drug-likeness (QED) is 0.192. The van der Waals surface area contributed by atoms with Crippen LogP contribution in [-0.2, 0) is 32.5 Å². The first-order valence-electron chi connectivity index (χ1n) is 18.8. The summed E-state index contributed by atoms with van der Waals surface area (Å²) in [5.74, 6) is -0.882. The topological polar surface area (TPSA) is 127 Å². The average Bonchev–Trinajstić information content (AvgIpc) is 2.96. The van der Waals surface area contributed by atoms with Crippen molar-refractivity contribution in [3.63, 3.8) is 0 Å². The molecule has 0 spiro atoms. The number of phenols is 3. The van der Waals surface area contributed by atoms with Gasteiger partial charge in [-0.3, -0.25) is 0 Å². The Morgan fingerprint density at radius 3 is 0.667 bits per heavy atom. The summed E-state index contributed by atoms with van der Waals surface area (Å²) < 4.78 is 2.38. The monoisotopic (exact) mass is 741 g/mol. The molecule has 294 valence electrons. The van der Waals surface area contributed by atoms with Gasteiger partial charge < -0.3 is 15.3 Å². The predicted molar refractivity (Wildman–Crippen MR) is 220 cm³/mol. The third-order valence-corrected chi connectivity index (χ3v) is 10.2. The molecule has 0 radical (unpaired) electrons. The highest BCUT2D eigenvalue weighted by atomic mass is 16.3. The highest BCUT2D eigenvalue weighted by molar-refractivity contribution is 5.61. The summed E-state index contributed by atoms with van der Waals surface area (Å²) >= 11 is 0. The van der Waals surface area contributed by atoms with Crippen LogP contribution in [0.2, 0.25) is 0 Å². The van der Waals surface area contributed by atoms with Crippen LogP contribution in [-0.4, -0.2) is 29.0 Å². The molecular formula is C45H63N3O6. The van der Waals surface area contributed by atoms with Crippen LogP contribution >= 0.6 is 0 Å². The minimum absolute atomic E-state index is 0.116. The molecule has 4 rings (SSSR count). The Morgan fingerprint density at radius 2 is 0.519 bits per heavy atom. The Kier molecular flexibility index (Phi) is 10.2. The zero-order valence-electron chi connectivity index (χ0n) is 35.9. The van der Waals surface area contributed by atoms with Gasteiger partial charge in [0.25, 0.3) is 0 Å². The summed E-state index contributed by atoms with van der Waals surface area (Å²) in [6.45, 7) is 35.3. The van der Waals surface area contributed by atoms with E-state index in [0.717, 1.165) is 30.4 Å². The van der Waals surface area contributed by atoms with Crippen LogP contribution in [0.4, 0.5) is 0 Å². The molecule has 54 heavy (non-hydrogen) atoms. The van der Waals surface area contributed by atoms with E-state index in [-0.39, 0.29) is 34.3 Å². The minimum Gasteiger partial charge on any atom is -0.505 e. The third kappa shape index (κ3) is 7.69. The van der Waals surface area contributed by atoms with Crippen molar-refractivity contribution in [1.29, 1.82) is 0 Å². The molecule has 0 saturated carbocycles. The summed E-state index contributed by atoms with van der Waals surface area (Å²) in [6, 6.07) is 10.4. The van der Waals surface area contributed by atoms with Crippen LogP contribution in [0.5, 0.6) is 17.2 Å². The smallest absolute Gasteiger partial charge is 0.345 e. The van der Waals surface area contributed by atoms with Crippen LogP contribution < -0.4 is 17.1 Å². The summed E-state index contributed by atoms with van der Waals surface area (Å²) in [7, 11) is 0. The van der Waals surface area contributed by atoms with Gasteiger partial charge in [0.1, 0.15) is 17.2 Å². The van der Waals surface area contributed by atoms with Crippen LogP contribution in [0.15, 0.2) is 50.8 Å². The van der Waals surface area contributed by atoms with E-state index < -0.39 is 49.6 Å². The Balaban J connectivity index is 2.47. The maximum absolute atomic E-state index is 15.1. The van der Waals surface area contributed by atoms with Crippen LogP contribution in [0.25, 0.3) is 17.1 Å². The van der Waals surface area contributed by atoms with Gasteiger partial charge in [0, 0.05) is 16.7 Å². The van der Waals surface area contributed by atoms with Crippen molar-refractivity contribution in [3.8, 4) is 34.3 Å². The molecule has 1 heterocycles. The lowest BCUT2D eigenvalue weighted by Crippen LogP contribution is -2.53. The van der Waals surface area contributed by atoms with Gasteiger partial charge in [0.05, 0.1) is 17.1 Å². The van der Waals surface area contributed by atoms with Gasteiger partial charge in [0.2, 0.25) is 0 Å². The number of hydrogen-bond donors (Lipinski definition) is 3. The molecule has 0 aliphatic rings. The molecule has 0 aliphatic heterocycles. The third-order valence-electron chi connectivity index (χ3n) is 10.2. The average molecular weight is 742 g/mol. The fourth-order valence-electron chi connectivity index (χ4n) is 6.55. The minimum atomic E-state index is -1.08. The van der Waals surface area contributed by atoms with Crippen molar-refractivity contribution in [2.75, 3.05) is 0 Å². The van der Waals surface area contributed by atoms with E-state index in [4.69, 9.17) is 0 Å². The van der Waals surface area contributed by atoms with Gasteiger partial charge in [-0.2, -0.15) is 0 Å². The summed E-state index contributed by atoms with van der Waals surface area (Å²) in [5.41, 5.74) is -3.09. The number of hydrogen-bond acceptors (Lipinski definition) is 6. The summed E-state index contributed by atoms with van der Waals surface area (Å²) in [6.07, 6.45) is 0. The lowest BCUT2D eigenvalue weighted by atomic mass is 9.79. The molecule has 0 fully saturated rings. The van der Waals surface area contributed by atoms with Crippen molar-refractivity contribution < 1.29 is 15.3 Å². The molecule has 9 heteroatoms. The van der Waals surface area contributed by atoms with Crippen LogP contribution in [0.3, 0.4) is 0 Å².